The summed E-state index contributed by atoms with van der Waals surface area (Å²) in [4.78, 5) is 19.5. The number of carbonyl (C=O) groups is 1. The zero-order chi connectivity index (χ0) is 16.9. The lowest BCUT2D eigenvalue weighted by atomic mass is 9.79. The van der Waals surface area contributed by atoms with Crippen molar-refractivity contribution < 1.29 is 18.3 Å². The fourth-order valence-corrected chi connectivity index (χ4v) is 4.85. The van der Waals surface area contributed by atoms with Crippen molar-refractivity contribution in [2.75, 3.05) is 26.3 Å². The van der Waals surface area contributed by atoms with Crippen molar-refractivity contribution in [3.8, 4) is 0 Å². The first kappa shape index (κ1) is 16.4. The van der Waals surface area contributed by atoms with Crippen LogP contribution in [0.3, 0.4) is 0 Å². The van der Waals surface area contributed by atoms with Crippen molar-refractivity contribution in [2.45, 2.75) is 38.3 Å². The Kier molecular flexibility index (Phi) is 3.89. The first-order valence-electron chi connectivity index (χ1n) is 8.26. The molecule has 1 aromatic heterocycles. The summed E-state index contributed by atoms with van der Waals surface area (Å²) in [5, 5.41) is 5.89. The number of amides is 1. The van der Waals surface area contributed by atoms with E-state index in [0.717, 1.165) is 23.8 Å². The molecule has 5 nitrogen and oxygen atoms in total. The minimum absolute atomic E-state index is 0.122. The van der Waals surface area contributed by atoms with Crippen LogP contribution in [0.25, 0.3) is 0 Å². The Hall–Kier alpha value is -1.12. The molecule has 0 unspecified atom stereocenters. The van der Waals surface area contributed by atoms with Crippen LogP contribution >= 0.6 is 11.3 Å². The van der Waals surface area contributed by atoms with Gasteiger partial charge in [-0.15, -0.1) is 11.3 Å². The SMILES string of the molecule is Cc1csc(CN2C[C@@H]3COC[C@]3(C(=O)NC3CC(F)(F)C3)C2)n1. The van der Waals surface area contributed by atoms with Crippen LogP contribution in [0.1, 0.15) is 23.5 Å². The van der Waals surface area contributed by atoms with Gasteiger partial charge in [-0.25, -0.2) is 13.8 Å². The lowest BCUT2D eigenvalue weighted by molar-refractivity contribution is -0.139. The van der Waals surface area contributed by atoms with E-state index in [4.69, 9.17) is 4.74 Å². The van der Waals surface area contributed by atoms with E-state index in [1.54, 1.807) is 11.3 Å². The number of alkyl halides is 2. The molecule has 1 N–H and O–H groups in total. The number of aromatic nitrogens is 1. The normalized spacial score (nSPS) is 32.5. The van der Waals surface area contributed by atoms with Crippen LogP contribution in [-0.4, -0.2) is 54.1 Å². The molecule has 1 saturated carbocycles. The minimum atomic E-state index is -2.62. The number of rotatable bonds is 4. The molecule has 1 aromatic rings. The highest BCUT2D eigenvalue weighted by Gasteiger charge is 2.57. The van der Waals surface area contributed by atoms with E-state index >= 15 is 0 Å². The van der Waals surface area contributed by atoms with Crippen LogP contribution in [-0.2, 0) is 16.1 Å². The molecule has 2 saturated heterocycles. The Morgan fingerprint density at radius 2 is 2.33 bits per heavy atom. The molecule has 0 spiro atoms. The first-order chi connectivity index (χ1) is 11.4. The molecule has 2 atom stereocenters. The molecule has 1 amide bonds. The second-order valence-electron chi connectivity index (χ2n) is 7.36. The van der Waals surface area contributed by atoms with Gasteiger partial charge < -0.3 is 10.1 Å². The highest BCUT2D eigenvalue weighted by atomic mass is 32.1. The van der Waals surface area contributed by atoms with Gasteiger partial charge in [0.15, 0.2) is 0 Å². The van der Waals surface area contributed by atoms with Gasteiger partial charge in [-0.05, 0) is 6.92 Å². The number of nitrogens with zero attached hydrogens (tertiary/aromatic N) is 2. The summed E-state index contributed by atoms with van der Waals surface area (Å²) in [5.74, 6) is -2.62. The quantitative estimate of drug-likeness (QED) is 0.893. The summed E-state index contributed by atoms with van der Waals surface area (Å²) < 4.78 is 31.6. The standard InChI is InChI=1S/C16H21F2N3O2S/c1-10-7-24-13(19-10)5-21-4-11-6-23-9-15(11,8-21)14(22)20-12-2-16(17,18)3-12/h7,11-12H,2-6,8-9H2,1H3,(H,20,22)/t11-,15-/m1/s1. The second-order valence-corrected chi connectivity index (χ2v) is 8.30. The Bertz CT molecular complexity index is 645. The molecule has 24 heavy (non-hydrogen) atoms. The number of nitrogens with one attached hydrogen (secondary N) is 1. The van der Waals surface area contributed by atoms with E-state index in [2.05, 4.69) is 15.2 Å². The van der Waals surface area contributed by atoms with Gasteiger partial charge in [0.25, 0.3) is 5.92 Å². The third kappa shape index (κ3) is 2.84. The number of hydrogen-bond donors (Lipinski definition) is 1. The van der Waals surface area contributed by atoms with Crippen molar-refractivity contribution >= 4 is 17.2 Å². The smallest absolute Gasteiger partial charge is 0.252 e. The van der Waals surface area contributed by atoms with Crippen molar-refractivity contribution in [1.82, 2.24) is 15.2 Å². The summed E-state index contributed by atoms with van der Waals surface area (Å²) in [6.07, 6.45) is -0.495. The van der Waals surface area contributed by atoms with E-state index in [9.17, 15) is 13.6 Å². The van der Waals surface area contributed by atoms with Gasteiger partial charge in [-0.1, -0.05) is 0 Å². The van der Waals surface area contributed by atoms with Crippen LogP contribution in [0.2, 0.25) is 0 Å². The van der Waals surface area contributed by atoms with Gasteiger partial charge >= 0.3 is 0 Å². The highest BCUT2D eigenvalue weighted by molar-refractivity contribution is 7.09. The molecule has 3 heterocycles. The van der Waals surface area contributed by atoms with Crippen molar-refractivity contribution in [2.24, 2.45) is 11.3 Å². The number of aryl methyl sites for hydroxylation is 1. The summed E-state index contributed by atoms with van der Waals surface area (Å²) in [6, 6.07) is -0.404. The molecular weight excluding hydrogens is 336 g/mol. The Balaban J connectivity index is 1.41. The summed E-state index contributed by atoms with van der Waals surface area (Å²) in [5.41, 5.74) is 0.410. The Morgan fingerprint density at radius 1 is 1.54 bits per heavy atom. The first-order valence-corrected chi connectivity index (χ1v) is 9.14. The summed E-state index contributed by atoms with van der Waals surface area (Å²) in [7, 11) is 0. The molecular formula is C16H21F2N3O2S. The lowest BCUT2D eigenvalue weighted by Gasteiger charge is -2.37. The van der Waals surface area contributed by atoms with E-state index in [1.807, 2.05) is 12.3 Å². The van der Waals surface area contributed by atoms with Gasteiger partial charge in [-0.3, -0.25) is 9.69 Å². The highest BCUT2D eigenvalue weighted by Crippen LogP contribution is 2.43. The maximum atomic E-state index is 13.0. The molecule has 1 aliphatic carbocycles. The number of ether oxygens (including phenoxy) is 1. The average molecular weight is 357 g/mol. The molecule has 0 radical (unpaired) electrons. The predicted molar refractivity (Wildman–Crippen MR) is 85.0 cm³/mol. The third-order valence-electron chi connectivity index (χ3n) is 5.35. The van der Waals surface area contributed by atoms with Gasteiger partial charge in [0.2, 0.25) is 5.91 Å². The number of hydrogen-bond acceptors (Lipinski definition) is 5. The predicted octanol–water partition coefficient (Wildman–Crippen LogP) is 1.81. The molecule has 8 heteroatoms. The fraction of sp³-hybridized carbons (Fsp3) is 0.750. The van der Waals surface area contributed by atoms with Crippen LogP contribution in [0, 0.1) is 18.3 Å². The second kappa shape index (κ2) is 5.71. The van der Waals surface area contributed by atoms with Crippen molar-refractivity contribution in [3.63, 3.8) is 0 Å². The third-order valence-corrected chi connectivity index (χ3v) is 6.30. The molecule has 132 valence electrons. The zero-order valence-electron chi connectivity index (χ0n) is 13.6. The number of thiazole rings is 1. The van der Waals surface area contributed by atoms with Crippen molar-refractivity contribution in [3.05, 3.63) is 16.1 Å². The van der Waals surface area contributed by atoms with Crippen LogP contribution in [0.4, 0.5) is 8.78 Å². The fourth-order valence-electron chi connectivity index (χ4n) is 4.04. The van der Waals surface area contributed by atoms with E-state index in [0.29, 0.717) is 19.8 Å². The average Bonchev–Trinajstić information content (AvgIpc) is 3.11. The maximum Gasteiger partial charge on any atom is 0.252 e. The van der Waals surface area contributed by atoms with Crippen LogP contribution in [0.15, 0.2) is 5.38 Å². The summed E-state index contributed by atoms with van der Waals surface area (Å²) >= 11 is 1.63. The molecule has 0 bridgehead atoms. The van der Waals surface area contributed by atoms with Crippen LogP contribution in [0.5, 0.6) is 0 Å². The number of fused-ring (bicyclic) bond motifs is 1. The molecule has 2 aliphatic heterocycles. The molecule has 0 aromatic carbocycles. The van der Waals surface area contributed by atoms with Crippen LogP contribution < -0.4 is 5.32 Å². The number of carbonyl (C=O) groups excluding carboxylic acids is 1. The number of likely N-dealkylation sites (tertiary alicyclic amines) is 1. The monoisotopic (exact) mass is 357 g/mol. The topological polar surface area (TPSA) is 54.5 Å². The molecule has 3 fully saturated rings. The van der Waals surface area contributed by atoms with E-state index < -0.39 is 17.4 Å². The lowest BCUT2D eigenvalue weighted by Crippen LogP contribution is -2.56. The Morgan fingerprint density at radius 3 is 3.00 bits per heavy atom. The van der Waals surface area contributed by atoms with Gasteiger partial charge in [0, 0.05) is 49.0 Å². The van der Waals surface area contributed by atoms with E-state index in [1.165, 1.54) is 0 Å². The maximum absolute atomic E-state index is 13.0. The number of halogens is 2. The Labute approximate surface area is 143 Å². The minimum Gasteiger partial charge on any atom is -0.380 e. The van der Waals surface area contributed by atoms with Gasteiger partial charge in [0.05, 0.1) is 25.2 Å². The van der Waals surface area contributed by atoms with Gasteiger partial charge in [-0.2, -0.15) is 0 Å². The van der Waals surface area contributed by atoms with Gasteiger partial charge in [0.1, 0.15) is 5.01 Å². The summed E-state index contributed by atoms with van der Waals surface area (Å²) in [6.45, 7) is 5.02. The zero-order valence-corrected chi connectivity index (χ0v) is 14.4. The molecule has 4 rings (SSSR count). The van der Waals surface area contributed by atoms with Crippen molar-refractivity contribution in [1.29, 1.82) is 0 Å². The van der Waals surface area contributed by atoms with E-state index in [-0.39, 0.29) is 24.7 Å². The molecule has 3 aliphatic rings. The largest absolute Gasteiger partial charge is 0.380 e.